The van der Waals surface area contributed by atoms with Gasteiger partial charge in [-0.15, -0.1) is 10.2 Å². The number of amides is 1. The standard InChI is InChI=1S/C22H24F3N5O3/c1-3-32-18-9-8-15(12-19(18)33-4-2)10-11-26-20(31)14-30-28-21(27-29-30)16-6-5-7-17(13-16)22(23,24)25/h5-9,12-13H,3-4,10-11,14H2,1-2H3,(H,26,31). The summed E-state index contributed by atoms with van der Waals surface area (Å²) in [7, 11) is 0. The molecule has 0 bridgehead atoms. The Hall–Kier alpha value is -3.63. The molecule has 1 aromatic heterocycles. The molecule has 1 amide bonds. The van der Waals surface area contributed by atoms with Gasteiger partial charge in [0.15, 0.2) is 11.5 Å². The minimum Gasteiger partial charge on any atom is -0.490 e. The Bertz CT molecular complexity index is 1090. The fourth-order valence-electron chi connectivity index (χ4n) is 3.04. The summed E-state index contributed by atoms with van der Waals surface area (Å²) in [5.41, 5.74) is 0.320. The maximum absolute atomic E-state index is 12.9. The molecule has 11 heteroatoms. The molecule has 1 N–H and O–H groups in total. The van der Waals surface area contributed by atoms with E-state index >= 15 is 0 Å². The Morgan fingerprint density at radius 3 is 2.55 bits per heavy atom. The van der Waals surface area contributed by atoms with Crippen LogP contribution in [-0.4, -0.2) is 45.9 Å². The Labute approximate surface area is 188 Å². The van der Waals surface area contributed by atoms with Gasteiger partial charge in [0.1, 0.15) is 6.54 Å². The number of hydrogen-bond donors (Lipinski definition) is 1. The van der Waals surface area contributed by atoms with Crippen LogP contribution in [0, 0.1) is 0 Å². The predicted molar refractivity (Wildman–Crippen MR) is 114 cm³/mol. The second kappa shape index (κ2) is 10.8. The molecule has 1 heterocycles. The molecule has 0 spiro atoms. The topological polar surface area (TPSA) is 91.2 Å². The molecule has 3 rings (SSSR count). The molecule has 0 fully saturated rings. The zero-order valence-corrected chi connectivity index (χ0v) is 18.2. The van der Waals surface area contributed by atoms with Crippen molar-refractivity contribution in [2.24, 2.45) is 0 Å². The summed E-state index contributed by atoms with van der Waals surface area (Å²) < 4.78 is 49.8. The van der Waals surface area contributed by atoms with Crippen molar-refractivity contribution in [2.75, 3.05) is 19.8 Å². The molecule has 0 aliphatic rings. The molecule has 3 aromatic rings. The maximum Gasteiger partial charge on any atom is 0.416 e. The summed E-state index contributed by atoms with van der Waals surface area (Å²) in [6, 6.07) is 10.2. The van der Waals surface area contributed by atoms with Crippen molar-refractivity contribution in [1.82, 2.24) is 25.5 Å². The number of benzene rings is 2. The highest BCUT2D eigenvalue weighted by atomic mass is 19.4. The molecular weight excluding hydrogens is 439 g/mol. The molecule has 0 unspecified atom stereocenters. The van der Waals surface area contributed by atoms with E-state index in [9.17, 15) is 18.0 Å². The number of tetrazole rings is 1. The van der Waals surface area contributed by atoms with Crippen molar-refractivity contribution in [1.29, 1.82) is 0 Å². The van der Waals surface area contributed by atoms with Gasteiger partial charge >= 0.3 is 6.18 Å². The van der Waals surface area contributed by atoms with Gasteiger partial charge in [0.25, 0.3) is 0 Å². The van der Waals surface area contributed by atoms with Crippen LogP contribution in [0.4, 0.5) is 13.2 Å². The van der Waals surface area contributed by atoms with Gasteiger partial charge in [-0.25, -0.2) is 0 Å². The first-order valence-electron chi connectivity index (χ1n) is 10.4. The quantitative estimate of drug-likeness (QED) is 0.495. The van der Waals surface area contributed by atoms with Gasteiger partial charge in [0.05, 0.1) is 18.8 Å². The van der Waals surface area contributed by atoms with Gasteiger partial charge in [-0.2, -0.15) is 18.0 Å². The van der Waals surface area contributed by atoms with Gasteiger partial charge in [0.2, 0.25) is 11.7 Å². The number of nitrogens with one attached hydrogen (secondary N) is 1. The highest BCUT2D eigenvalue weighted by Gasteiger charge is 2.30. The van der Waals surface area contributed by atoms with E-state index in [4.69, 9.17) is 9.47 Å². The number of alkyl halides is 3. The van der Waals surface area contributed by atoms with E-state index in [1.165, 1.54) is 12.1 Å². The summed E-state index contributed by atoms with van der Waals surface area (Å²) >= 11 is 0. The van der Waals surface area contributed by atoms with Gasteiger partial charge in [-0.05, 0) is 55.3 Å². The fraction of sp³-hybridized carbons (Fsp3) is 0.364. The van der Waals surface area contributed by atoms with E-state index in [0.29, 0.717) is 37.7 Å². The van der Waals surface area contributed by atoms with Crippen LogP contribution in [0.25, 0.3) is 11.4 Å². The number of nitrogens with zero attached hydrogens (tertiary/aromatic N) is 4. The lowest BCUT2D eigenvalue weighted by Crippen LogP contribution is -2.30. The van der Waals surface area contributed by atoms with Gasteiger partial charge < -0.3 is 14.8 Å². The van der Waals surface area contributed by atoms with Gasteiger partial charge in [-0.3, -0.25) is 4.79 Å². The van der Waals surface area contributed by atoms with Gasteiger partial charge in [0, 0.05) is 12.1 Å². The molecular formula is C22H24F3N5O3. The number of carbonyl (C=O) groups is 1. The first-order chi connectivity index (χ1) is 15.8. The van der Waals surface area contributed by atoms with Crippen LogP contribution in [0.5, 0.6) is 11.5 Å². The molecule has 33 heavy (non-hydrogen) atoms. The second-order valence-corrected chi connectivity index (χ2v) is 6.97. The zero-order chi connectivity index (χ0) is 23.8. The number of halogens is 3. The summed E-state index contributed by atoms with van der Waals surface area (Å²) in [6.07, 6.45) is -3.91. The minimum absolute atomic E-state index is 0.00624. The average molecular weight is 463 g/mol. The smallest absolute Gasteiger partial charge is 0.416 e. The Kier molecular flexibility index (Phi) is 7.86. The zero-order valence-electron chi connectivity index (χ0n) is 18.2. The van der Waals surface area contributed by atoms with Crippen LogP contribution in [-0.2, 0) is 23.9 Å². The van der Waals surface area contributed by atoms with Gasteiger partial charge in [-0.1, -0.05) is 18.2 Å². The lowest BCUT2D eigenvalue weighted by Gasteiger charge is -2.12. The van der Waals surface area contributed by atoms with E-state index in [2.05, 4.69) is 20.7 Å². The Morgan fingerprint density at radius 1 is 1.06 bits per heavy atom. The van der Waals surface area contributed by atoms with E-state index < -0.39 is 11.7 Å². The number of hydrogen-bond acceptors (Lipinski definition) is 6. The molecule has 176 valence electrons. The predicted octanol–water partition coefficient (Wildman–Crippen LogP) is 3.52. The molecule has 0 saturated heterocycles. The normalized spacial score (nSPS) is 11.3. The average Bonchev–Trinajstić information content (AvgIpc) is 3.24. The molecule has 0 aliphatic carbocycles. The number of carbonyl (C=O) groups excluding carboxylic acids is 1. The first-order valence-corrected chi connectivity index (χ1v) is 10.4. The van der Waals surface area contributed by atoms with E-state index in [-0.39, 0.29) is 23.8 Å². The fourth-order valence-corrected chi connectivity index (χ4v) is 3.04. The van der Waals surface area contributed by atoms with Crippen LogP contribution >= 0.6 is 0 Å². The molecule has 8 nitrogen and oxygen atoms in total. The summed E-state index contributed by atoms with van der Waals surface area (Å²) in [4.78, 5) is 13.2. The lowest BCUT2D eigenvalue weighted by atomic mass is 10.1. The number of ether oxygens (including phenoxy) is 2. The van der Waals surface area contributed by atoms with E-state index in [0.717, 1.165) is 22.5 Å². The van der Waals surface area contributed by atoms with Crippen LogP contribution in [0.3, 0.4) is 0 Å². The summed E-state index contributed by atoms with van der Waals surface area (Å²) in [5.74, 6) is 0.976. The van der Waals surface area contributed by atoms with E-state index in [1.807, 2.05) is 32.0 Å². The SMILES string of the molecule is CCOc1ccc(CCNC(=O)Cn2nnc(-c3cccc(C(F)(F)F)c3)n2)cc1OCC. The summed E-state index contributed by atoms with van der Waals surface area (Å²) in [5, 5.41) is 14.3. The van der Waals surface area contributed by atoms with Crippen LogP contribution < -0.4 is 14.8 Å². The number of aromatic nitrogens is 4. The largest absolute Gasteiger partial charge is 0.490 e. The van der Waals surface area contributed by atoms with Crippen molar-refractivity contribution in [3.63, 3.8) is 0 Å². The monoisotopic (exact) mass is 463 g/mol. The molecule has 0 aliphatic heterocycles. The van der Waals surface area contributed by atoms with Crippen LogP contribution in [0.2, 0.25) is 0 Å². The molecule has 0 atom stereocenters. The van der Waals surface area contributed by atoms with Crippen molar-refractivity contribution in [2.45, 2.75) is 33.0 Å². The maximum atomic E-state index is 12.9. The highest BCUT2D eigenvalue weighted by molar-refractivity contribution is 5.75. The minimum atomic E-state index is -4.47. The van der Waals surface area contributed by atoms with Crippen molar-refractivity contribution >= 4 is 5.91 Å². The number of rotatable bonds is 10. The van der Waals surface area contributed by atoms with Crippen LogP contribution in [0.15, 0.2) is 42.5 Å². The van der Waals surface area contributed by atoms with Crippen molar-refractivity contribution in [3.8, 4) is 22.9 Å². The summed E-state index contributed by atoms with van der Waals surface area (Å²) in [6.45, 7) is 4.98. The van der Waals surface area contributed by atoms with E-state index in [1.54, 1.807) is 0 Å². The lowest BCUT2D eigenvalue weighted by molar-refractivity contribution is -0.137. The second-order valence-electron chi connectivity index (χ2n) is 6.97. The third-order valence-electron chi connectivity index (χ3n) is 4.53. The molecule has 0 radical (unpaired) electrons. The highest BCUT2D eigenvalue weighted by Crippen LogP contribution is 2.31. The van der Waals surface area contributed by atoms with Crippen molar-refractivity contribution < 1.29 is 27.4 Å². The Balaban J connectivity index is 1.54. The van der Waals surface area contributed by atoms with Crippen LogP contribution in [0.1, 0.15) is 25.0 Å². The Morgan fingerprint density at radius 2 is 1.82 bits per heavy atom. The molecule has 2 aromatic carbocycles. The van der Waals surface area contributed by atoms with Crippen molar-refractivity contribution in [3.05, 3.63) is 53.6 Å². The first kappa shape index (κ1) is 24.0. The third kappa shape index (κ3) is 6.67. The molecule has 0 saturated carbocycles. The third-order valence-corrected chi connectivity index (χ3v) is 4.53.